The third-order valence-electron chi connectivity index (χ3n) is 2.87. The van der Waals surface area contributed by atoms with Crippen LogP contribution in [0.2, 0.25) is 0 Å². The molecule has 0 saturated carbocycles. The number of unbranched alkanes of at least 4 members (excludes halogenated alkanes) is 1. The fourth-order valence-electron chi connectivity index (χ4n) is 1.78. The molecule has 0 radical (unpaired) electrons. The summed E-state index contributed by atoms with van der Waals surface area (Å²) in [7, 11) is 1.44. The maximum Gasteiger partial charge on any atom is 0.334 e. The van der Waals surface area contributed by atoms with Gasteiger partial charge in [-0.1, -0.05) is 43.7 Å². The van der Waals surface area contributed by atoms with E-state index in [1.807, 2.05) is 37.3 Å². The Morgan fingerprint density at radius 3 is 2.41 bits per heavy atom. The first-order valence-electron chi connectivity index (χ1n) is 6.04. The molecule has 1 rings (SSSR count). The predicted molar refractivity (Wildman–Crippen MR) is 70.6 cm³/mol. The van der Waals surface area contributed by atoms with E-state index in [-0.39, 0.29) is 5.97 Å². The van der Waals surface area contributed by atoms with Gasteiger partial charge in [-0.25, -0.2) is 4.79 Å². The Morgan fingerprint density at radius 1 is 1.24 bits per heavy atom. The SMILES string of the molecule is CCCC/C(C(=O)OC)=C(\C)c1ccccc1. The summed E-state index contributed by atoms with van der Waals surface area (Å²) < 4.78 is 4.86. The van der Waals surface area contributed by atoms with Crippen molar-refractivity contribution in [1.82, 2.24) is 0 Å². The second kappa shape index (κ2) is 6.89. The highest BCUT2D eigenvalue weighted by molar-refractivity contribution is 5.97. The normalized spacial score (nSPS) is 11.9. The quantitative estimate of drug-likeness (QED) is 0.570. The molecule has 92 valence electrons. The first-order chi connectivity index (χ1) is 8.20. The lowest BCUT2D eigenvalue weighted by Crippen LogP contribution is -2.07. The number of carbonyl (C=O) groups excluding carboxylic acids is 1. The van der Waals surface area contributed by atoms with Crippen molar-refractivity contribution < 1.29 is 9.53 Å². The minimum atomic E-state index is -0.209. The van der Waals surface area contributed by atoms with Gasteiger partial charge in [-0.05, 0) is 30.9 Å². The molecule has 0 aromatic heterocycles. The molecule has 0 amide bonds. The smallest absolute Gasteiger partial charge is 0.334 e. The van der Waals surface area contributed by atoms with Crippen molar-refractivity contribution in [3.8, 4) is 0 Å². The van der Waals surface area contributed by atoms with E-state index in [0.717, 1.165) is 36.0 Å². The molecule has 0 atom stereocenters. The third-order valence-corrected chi connectivity index (χ3v) is 2.87. The van der Waals surface area contributed by atoms with Gasteiger partial charge in [0.15, 0.2) is 0 Å². The molecule has 0 fully saturated rings. The van der Waals surface area contributed by atoms with Crippen LogP contribution in [0.1, 0.15) is 38.7 Å². The Balaban J connectivity index is 3.04. The minimum Gasteiger partial charge on any atom is -0.466 e. The Labute approximate surface area is 103 Å². The lowest BCUT2D eigenvalue weighted by atomic mass is 9.97. The first kappa shape index (κ1) is 13.5. The van der Waals surface area contributed by atoms with Gasteiger partial charge in [-0.3, -0.25) is 0 Å². The summed E-state index contributed by atoms with van der Waals surface area (Å²) in [6.45, 7) is 4.10. The topological polar surface area (TPSA) is 26.3 Å². The maximum absolute atomic E-state index is 11.8. The molecule has 0 N–H and O–H groups in total. The highest BCUT2D eigenvalue weighted by Gasteiger charge is 2.13. The molecule has 1 aromatic rings. The number of rotatable bonds is 5. The van der Waals surface area contributed by atoms with E-state index < -0.39 is 0 Å². The number of carbonyl (C=O) groups is 1. The van der Waals surface area contributed by atoms with Crippen LogP contribution in [0.15, 0.2) is 35.9 Å². The van der Waals surface area contributed by atoms with Gasteiger partial charge in [-0.15, -0.1) is 0 Å². The Hall–Kier alpha value is -1.57. The van der Waals surface area contributed by atoms with Crippen LogP contribution in [0.3, 0.4) is 0 Å². The van der Waals surface area contributed by atoms with E-state index in [1.165, 1.54) is 7.11 Å². The number of allylic oxidation sites excluding steroid dienone is 1. The summed E-state index contributed by atoms with van der Waals surface area (Å²) in [5, 5.41) is 0. The van der Waals surface area contributed by atoms with Crippen LogP contribution in [0.4, 0.5) is 0 Å². The molecular weight excluding hydrogens is 212 g/mol. The minimum absolute atomic E-state index is 0.209. The van der Waals surface area contributed by atoms with E-state index >= 15 is 0 Å². The number of ether oxygens (including phenoxy) is 1. The molecule has 0 bridgehead atoms. The van der Waals surface area contributed by atoms with Gasteiger partial charge in [-0.2, -0.15) is 0 Å². The van der Waals surface area contributed by atoms with Crippen LogP contribution >= 0.6 is 0 Å². The number of hydrogen-bond acceptors (Lipinski definition) is 2. The molecule has 2 heteroatoms. The van der Waals surface area contributed by atoms with Crippen molar-refractivity contribution in [3.05, 3.63) is 41.5 Å². The van der Waals surface area contributed by atoms with Gasteiger partial charge in [0.1, 0.15) is 0 Å². The van der Waals surface area contributed by atoms with E-state index in [0.29, 0.717) is 0 Å². The zero-order valence-corrected chi connectivity index (χ0v) is 10.8. The molecule has 2 nitrogen and oxygen atoms in total. The zero-order valence-electron chi connectivity index (χ0n) is 10.8. The monoisotopic (exact) mass is 232 g/mol. The van der Waals surface area contributed by atoms with E-state index in [4.69, 9.17) is 4.74 Å². The van der Waals surface area contributed by atoms with E-state index in [1.54, 1.807) is 0 Å². The van der Waals surface area contributed by atoms with Crippen molar-refractivity contribution in [2.75, 3.05) is 7.11 Å². The van der Waals surface area contributed by atoms with Crippen molar-refractivity contribution in [3.63, 3.8) is 0 Å². The fraction of sp³-hybridized carbons (Fsp3) is 0.400. The largest absolute Gasteiger partial charge is 0.466 e. The summed E-state index contributed by atoms with van der Waals surface area (Å²) in [4.78, 5) is 11.8. The zero-order chi connectivity index (χ0) is 12.7. The predicted octanol–water partition coefficient (Wildman–Crippen LogP) is 3.82. The van der Waals surface area contributed by atoms with Crippen LogP contribution in [-0.2, 0) is 9.53 Å². The summed E-state index contributed by atoms with van der Waals surface area (Å²) in [6.07, 6.45) is 2.86. The van der Waals surface area contributed by atoms with Crippen molar-refractivity contribution in [2.45, 2.75) is 33.1 Å². The molecule has 0 unspecified atom stereocenters. The van der Waals surface area contributed by atoms with Gasteiger partial charge in [0.2, 0.25) is 0 Å². The number of esters is 1. The van der Waals surface area contributed by atoms with E-state index in [9.17, 15) is 4.79 Å². The molecule has 0 aliphatic carbocycles. The maximum atomic E-state index is 11.8. The molecule has 0 saturated heterocycles. The van der Waals surface area contributed by atoms with Crippen LogP contribution in [0.25, 0.3) is 5.57 Å². The molecule has 17 heavy (non-hydrogen) atoms. The number of benzene rings is 1. The van der Waals surface area contributed by atoms with Gasteiger partial charge in [0.25, 0.3) is 0 Å². The molecule has 0 heterocycles. The third kappa shape index (κ3) is 3.74. The second-order valence-electron chi connectivity index (χ2n) is 4.06. The highest BCUT2D eigenvalue weighted by atomic mass is 16.5. The van der Waals surface area contributed by atoms with E-state index in [2.05, 4.69) is 6.92 Å². The van der Waals surface area contributed by atoms with Crippen LogP contribution in [-0.4, -0.2) is 13.1 Å². The average molecular weight is 232 g/mol. The molecule has 1 aromatic carbocycles. The van der Waals surface area contributed by atoms with Gasteiger partial charge in [0, 0.05) is 5.57 Å². The van der Waals surface area contributed by atoms with Crippen molar-refractivity contribution in [1.29, 1.82) is 0 Å². The molecule has 0 aliphatic heterocycles. The van der Waals surface area contributed by atoms with Gasteiger partial charge < -0.3 is 4.74 Å². The molecular formula is C15H20O2. The number of hydrogen-bond donors (Lipinski definition) is 0. The average Bonchev–Trinajstić information content (AvgIpc) is 2.39. The lowest BCUT2D eigenvalue weighted by Gasteiger charge is -2.10. The second-order valence-corrected chi connectivity index (χ2v) is 4.06. The van der Waals surface area contributed by atoms with Gasteiger partial charge in [0.05, 0.1) is 7.11 Å². The highest BCUT2D eigenvalue weighted by Crippen LogP contribution is 2.22. The Morgan fingerprint density at radius 2 is 1.88 bits per heavy atom. The summed E-state index contributed by atoms with van der Waals surface area (Å²) in [5.74, 6) is -0.209. The molecule has 0 spiro atoms. The van der Waals surface area contributed by atoms with Crippen LogP contribution < -0.4 is 0 Å². The van der Waals surface area contributed by atoms with Crippen molar-refractivity contribution in [2.24, 2.45) is 0 Å². The van der Waals surface area contributed by atoms with Crippen molar-refractivity contribution >= 4 is 11.5 Å². The van der Waals surface area contributed by atoms with Gasteiger partial charge >= 0.3 is 5.97 Å². The van der Waals surface area contributed by atoms with Crippen LogP contribution in [0.5, 0.6) is 0 Å². The lowest BCUT2D eigenvalue weighted by molar-refractivity contribution is -0.136. The summed E-state index contributed by atoms with van der Waals surface area (Å²) in [5.41, 5.74) is 2.90. The number of methoxy groups -OCH3 is 1. The first-order valence-corrected chi connectivity index (χ1v) is 6.04. The molecule has 0 aliphatic rings. The summed E-state index contributed by atoms with van der Waals surface area (Å²) >= 11 is 0. The Bertz CT molecular complexity index is 391. The van der Waals surface area contributed by atoms with Crippen LogP contribution in [0, 0.1) is 0 Å². The summed E-state index contributed by atoms with van der Waals surface area (Å²) in [6, 6.07) is 9.97. The Kier molecular flexibility index (Phi) is 5.47. The fourth-order valence-corrected chi connectivity index (χ4v) is 1.78. The standard InChI is InChI=1S/C15H20O2/c1-4-5-11-14(15(16)17-3)12(2)13-9-7-6-8-10-13/h6-10H,4-5,11H2,1-3H3/b14-12-.